The molecule has 4 heteroatoms. The highest BCUT2D eigenvalue weighted by Gasteiger charge is 2.35. The van der Waals surface area contributed by atoms with Crippen LogP contribution in [0.2, 0.25) is 0 Å². The Labute approximate surface area is 113 Å². The quantitative estimate of drug-likeness (QED) is 0.846. The molecule has 3 rings (SSSR count). The molecular formula is C15H20FNO2. The van der Waals surface area contributed by atoms with Crippen LogP contribution in [-0.2, 0) is 0 Å². The van der Waals surface area contributed by atoms with Crippen LogP contribution in [0.4, 0.5) is 4.39 Å². The predicted octanol–water partition coefficient (Wildman–Crippen LogP) is 2.35. The minimum absolute atomic E-state index is 0.0539. The van der Waals surface area contributed by atoms with Gasteiger partial charge in [-0.1, -0.05) is 19.1 Å². The van der Waals surface area contributed by atoms with Gasteiger partial charge in [0.1, 0.15) is 12.7 Å². The first-order valence-corrected chi connectivity index (χ1v) is 7.00. The number of likely N-dealkylation sites (tertiary alicyclic amines) is 1. The van der Waals surface area contributed by atoms with Crippen LogP contribution in [0.3, 0.4) is 0 Å². The van der Waals surface area contributed by atoms with Gasteiger partial charge in [-0.2, -0.15) is 0 Å². The van der Waals surface area contributed by atoms with Gasteiger partial charge in [0.15, 0.2) is 11.6 Å². The molecule has 2 unspecified atom stereocenters. The summed E-state index contributed by atoms with van der Waals surface area (Å²) < 4.78 is 19.2. The zero-order chi connectivity index (χ0) is 13.4. The van der Waals surface area contributed by atoms with E-state index in [0.717, 1.165) is 31.8 Å². The molecule has 1 aromatic carbocycles. The van der Waals surface area contributed by atoms with Crippen LogP contribution < -0.4 is 4.74 Å². The molecule has 0 saturated carbocycles. The van der Waals surface area contributed by atoms with Crippen molar-refractivity contribution in [3.8, 4) is 5.75 Å². The standard InChI is InChI=1S/C15H20FNO2/c1-10-5-7-17(8-6-10)13-9-19-15-11(14(13)18)3-2-4-12(15)16/h2-4,10,13-14,18H,5-9H2,1H3. The van der Waals surface area contributed by atoms with E-state index in [1.165, 1.54) is 6.07 Å². The summed E-state index contributed by atoms with van der Waals surface area (Å²) in [6.45, 7) is 4.59. The number of para-hydroxylation sites is 1. The van der Waals surface area contributed by atoms with E-state index < -0.39 is 6.10 Å². The van der Waals surface area contributed by atoms with Gasteiger partial charge in [-0.3, -0.25) is 4.90 Å². The first kappa shape index (κ1) is 12.9. The third-order valence-electron chi connectivity index (χ3n) is 4.37. The average molecular weight is 265 g/mol. The van der Waals surface area contributed by atoms with Crippen LogP contribution in [0.25, 0.3) is 0 Å². The lowest BCUT2D eigenvalue weighted by atomic mass is 9.93. The van der Waals surface area contributed by atoms with Gasteiger partial charge in [0.05, 0.1) is 6.04 Å². The second-order valence-electron chi connectivity index (χ2n) is 5.70. The van der Waals surface area contributed by atoms with Crippen molar-refractivity contribution in [1.29, 1.82) is 0 Å². The van der Waals surface area contributed by atoms with Crippen LogP contribution >= 0.6 is 0 Å². The lowest BCUT2D eigenvalue weighted by molar-refractivity contribution is -0.0111. The van der Waals surface area contributed by atoms with Crippen LogP contribution in [0.1, 0.15) is 31.4 Å². The van der Waals surface area contributed by atoms with E-state index in [2.05, 4.69) is 11.8 Å². The normalized spacial score (nSPS) is 28.8. The topological polar surface area (TPSA) is 32.7 Å². The van der Waals surface area contributed by atoms with E-state index >= 15 is 0 Å². The highest BCUT2D eigenvalue weighted by atomic mass is 19.1. The fourth-order valence-corrected chi connectivity index (χ4v) is 3.04. The molecule has 0 radical (unpaired) electrons. The highest BCUT2D eigenvalue weighted by molar-refractivity contribution is 5.39. The fraction of sp³-hybridized carbons (Fsp3) is 0.600. The summed E-state index contributed by atoms with van der Waals surface area (Å²) >= 11 is 0. The predicted molar refractivity (Wildman–Crippen MR) is 70.6 cm³/mol. The summed E-state index contributed by atoms with van der Waals surface area (Å²) in [6, 6.07) is 4.69. The first-order chi connectivity index (χ1) is 9.16. The molecular weight excluding hydrogens is 245 g/mol. The Bertz CT molecular complexity index is 457. The number of aliphatic hydroxyl groups excluding tert-OH is 1. The van der Waals surface area contributed by atoms with E-state index in [0.29, 0.717) is 12.2 Å². The number of ether oxygens (including phenoxy) is 1. The lowest BCUT2D eigenvalue weighted by Crippen LogP contribution is -2.49. The SMILES string of the molecule is CC1CCN(C2COc3c(F)cccc3C2O)CC1. The molecule has 104 valence electrons. The maximum absolute atomic E-state index is 13.6. The van der Waals surface area contributed by atoms with E-state index in [9.17, 15) is 9.50 Å². The molecule has 0 bridgehead atoms. The van der Waals surface area contributed by atoms with Gasteiger partial charge in [0, 0.05) is 5.56 Å². The number of rotatable bonds is 1. The number of hydrogen-bond donors (Lipinski definition) is 1. The van der Waals surface area contributed by atoms with Crippen molar-refractivity contribution in [1.82, 2.24) is 4.90 Å². The van der Waals surface area contributed by atoms with Crippen LogP contribution in [-0.4, -0.2) is 35.7 Å². The highest BCUT2D eigenvalue weighted by Crippen LogP contribution is 2.36. The average Bonchev–Trinajstić information content (AvgIpc) is 2.42. The molecule has 1 fully saturated rings. The van der Waals surface area contributed by atoms with Gasteiger partial charge in [-0.25, -0.2) is 4.39 Å². The van der Waals surface area contributed by atoms with Crippen molar-refractivity contribution in [3.63, 3.8) is 0 Å². The zero-order valence-corrected chi connectivity index (χ0v) is 11.2. The summed E-state index contributed by atoms with van der Waals surface area (Å²) in [4.78, 5) is 2.28. The Balaban J connectivity index is 1.80. The number of benzene rings is 1. The number of nitrogens with zero attached hydrogens (tertiary/aromatic N) is 1. The van der Waals surface area contributed by atoms with Gasteiger partial charge in [-0.15, -0.1) is 0 Å². The minimum atomic E-state index is -0.659. The van der Waals surface area contributed by atoms with Gasteiger partial charge in [0.2, 0.25) is 0 Å². The molecule has 0 aliphatic carbocycles. The smallest absolute Gasteiger partial charge is 0.165 e. The molecule has 2 aliphatic rings. The van der Waals surface area contributed by atoms with Gasteiger partial charge in [0.25, 0.3) is 0 Å². The molecule has 2 atom stereocenters. The molecule has 0 spiro atoms. The molecule has 2 heterocycles. The summed E-state index contributed by atoms with van der Waals surface area (Å²) in [5, 5.41) is 10.5. The summed E-state index contributed by atoms with van der Waals surface area (Å²) in [5.41, 5.74) is 0.579. The Morgan fingerprint density at radius 2 is 2.05 bits per heavy atom. The third-order valence-corrected chi connectivity index (χ3v) is 4.37. The monoisotopic (exact) mass is 265 g/mol. The third kappa shape index (κ3) is 2.35. The zero-order valence-electron chi connectivity index (χ0n) is 11.2. The molecule has 1 saturated heterocycles. The fourth-order valence-electron chi connectivity index (χ4n) is 3.04. The van der Waals surface area contributed by atoms with E-state index in [4.69, 9.17) is 4.74 Å². The van der Waals surface area contributed by atoms with E-state index in [-0.39, 0.29) is 17.6 Å². The Morgan fingerprint density at radius 1 is 1.32 bits per heavy atom. The second kappa shape index (κ2) is 5.10. The Hall–Kier alpha value is -1.13. The molecule has 0 amide bonds. The van der Waals surface area contributed by atoms with Crippen molar-refractivity contribution in [2.45, 2.75) is 31.9 Å². The van der Waals surface area contributed by atoms with Crippen LogP contribution in [0, 0.1) is 11.7 Å². The van der Waals surface area contributed by atoms with E-state index in [1.54, 1.807) is 12.1 Å². The molecule has 3 nitrogen and oxygen atoms in total. The molecule has 1 N–H and O–H groups in total. The molecule has 1 aromatic rings. The molecule has 2 aliphatic heterocycles. The van der Waals surface area contributed by atoms with Crippen molar-refractivity contribution < 1.29 is 14.2 Å². The second-order valence-corrected chi connectivity index (χ2v) is 5.70. The Kier molecular flexibility index (Phi) is 3.46. The van der Waals surface area contributed by atoms with Crippen LogP contribution in [0.5, 0.6) is 5.75 Å². The maximum Gasteiger partial charge on any atom is 0.165 e. The largest absolute Gasteiger partial charge is 0.488 e. The van der Waals surface area contributed by atoms with Crippen molar-refractivity contribution >= 4 is 0 Å². The van der Waals surface area contributed by atoms with Crippen molar-refractivity contribution in [2.24, 2.45) is 5.92 Å². The molecule has 19 heavy (non-hydrogen) atoms. The number of aliphatic hydroxyl groups is 1. The number of hydrogen-bond acceptors (Lipinski definition) is 3. The first-order valence-electron chi connectivity index (χ1n) is 7.00. The maximum atomic E-state index is 13.6. The Morgan fingerprint density at radius 3 is 2.79 bits per heavy atom. The number of piperidine rings is 1. The number of halogens is 1. The van der Waals surface area contributed by atoms with E-state index in [1.807, 2.05) is 0 Å². The summed E-state index contributed by atoms with van der Waals surface area (Å²) in [7, 11) is 0. The van der Waals surface area contributed by atoms with Crippen LogP contribution in [0.15, 0.2) is 18.2 Å². The van der Waals surface area contributed by atoms with Crippen molar-refractivity contribution in [2.75, 3.05) is 19.7 Å². The number of fused-ring (bicyclic) bond motifs is 1. The van der Waals surface area contributed by atoms with Gasteiger partial charge < -0.3 is 9.84 Å². The van der Waals surface area contributed by atoms with Gasteiger partial charge in [-0.05, 0) is 37.9 Å². The summed E-state index contributed by atoms with van der Waals surface area (Å²) in [6.07, 6.45) is 1.64. The summed E-state index contributed by atoms with van der Waals surface area (Å²) in [5.74, 6) is 0.585. The lowest BCUT2D eigenvalue weighted by Gasteiger charge is -2.41. The minimum Gasteiger partial charge on any atom is -0.488 e. The van der Waals surface area contributed by atoms with Crippen molar-refractivity contribution in [3.05, 3.63) is 29.6 Å². The molecule has 0 aromatic heterocycles. The van der Waals surface area contributed by atoms with Gasteiger partial charge >= 0.3 is 0 Å².